The van der Waals surface area contributed by atoms with E-state index in [9.17, 15) is 0 Å². The average molecular weight is 858 g/mol. The van der Waals surface area contributed by atoms with Gasteiger partial charge in [0.1, 0.15) is 54.9 Å². The molecule has 12 aromatic rings. The number of benzene rings is 10. The predicted molar refractivity (Wildman–Crippen MR) is 300 cm³/mol. The second-order valence-corrected chi connectivity index (χ2v) is 17.6. The SMILES string of the molecule is [B]c1c([B])c([B])c2c(c1[B])c1c([B])c(-c3ccc4c(c3)c3cccc(-c5ccccc5)c3n4-c3ccc(-c4ccccc4)cc3)c([B])c([B])c1n2-c1cc(-c2ccccc2)cc(-c2ccccc2)c1. The van der Waals surface area contributed by atoms with Crippen LogP contribution in [0.2, 0.25) is 0 Å². The summed E-state index contributed by atoms with van der Waals surface area (Å²) >= 11 is 0. The summed E-state index contributed by atoms with van der Waals surface area (Å²) in [5.41, 5.74) is 16.6. The van der Waals surface area contributed by atoms with Crippen LogP contribution in [0.4, 0.5) is 0 Å². The van der Waals surface area contributed by atoms with Crippen LogP contribution in [0, 0.1) is 0 Å². The lowest BCUT2D eigenvalue weighted by Crippen LogP contribution is -2.48. The summed E-state index contributed by atoms with van der Waals surface area (Å²) in [6.07, 6.45) is 0. The number of aromatic nitrogens is 2. The van der Waals surface area contributed by atoms with E-state index in [1.807, 2.05) is 53.1 Å². The van der Waals surface area contributed by atoms with E-state index in [-0.39, 0.29) is 21.9 Å². The lowest BCUT2D eigenvalue weighted by atomic mass is 9.64. The zero-order chi connectivity index (χ0) is 47.1. The number of fused-ring (bicyclic) bond motifs is 6. The summed E-state index contributed by atoms with van der Waals surface area (Å²) in [6, 6.07) is 69.2. The van der Waals surface area contributed by atoms with Crippen molar-refractivity contribution in [3.05, 3.63) is 200 Å². The molecule has 2 nitrogen and oxygen atoms in total. The highest BCUT2D eigenvalue weighted by molar-refractivity contribution is 6.69. The Morgan fingerprint density at radius 1 is 0.261 bits per heavy atom. The van der Waals surface area contributed by atoms with Crippen LogP contribution in [0.5, 0.6) is 0 Å². The fourth-order valence-corrected chi connectivity index (χ4v) is 10.4. The van der Waals surface area contributed by atoms with Crippen molar-refractivity contribution in [3.8, 4) is 67.0 Å². The molecule has 0 aliphatic carbocycles. The largest absolute Gasteiger partial charge is 0.310 e. The Labute approximate surface area is 410 Å². The zero-order valence-electron chi connectivity index (χ0n) is 37.5. The number of nitrogens with zero attached hydrogens (tertiary/aromatic N) is 2. The molecular weight excluding hydrogens is 824 g/mol. The summed E-state index contributed by atoms with van der Waals surface area (Å²) in [5, 5.41) is 3.19. The third-order valence-electron chi connectivity index (χ3n) is 13.7. The molecule has 14 radical (unpaired) electrons. The van der Waals surface area contributed by atoms with Crippen molar-refractivity contribution in [3.63, 3.8) is 0 Å². The number of hydrogen-bond donors (Lipinski definition) is 0. The Kier molecular flexibility index (Phi) is 10.4. The minimum absolute atomic E-state index is 0.165. The molecule has 0 saturated carbocycles. The Balaban J connectivity index is 1.13. The molecule has 304 valence electrons. The van der Waals surface area contributed by atoms with E-state index in [2.05, 4.69) is 156 Å². The molecule has 2 heterocycles. The molecule has 0 atom stereocenters. The second-order valence-electron chi connectivity index (χ2n) is 17.6. The Morgan fingerprint density at radius 3 is 1.32 bits per heavy atom. The van der Waals surface area contributed by atoms with Crippen molar-refractivity contribution >= 4 is 137 Å². The first-order valence-electron chi connectivity index (χ1n) is 22.8. The number of rotatable bonds is 7. The first kappa shape index (κ1) is 42.6. The van der Waals surface area contributed by atoms with E-state index in [0.717, 1.165) is 83.3 Å². The second kappa shape index (κ2) is 16.8. The first-order chi connectivity index (χ1) is 33.7. The van der Waals surface area contributed by atoms with E-state index in [4.69, 9.17) is 54.9 Å². The summed E-state index contributed by atoms with van der Waals surface area (Å²) < 4.78 is 4.33. The van der Waals surface area contributed by atoms with Crippen LogP contribution in [0.1, 0.15) is 0 Å². The molecule has 10 aromatic carbocycles. The molecule has 0 unspecified atom stereocenters. The predicted octanol–water partition coefficient (Wildman–Crippen LogP) is 7.77. The van der Waals surface area contributed by atoms with Gasteiger partial charge in [-0.25, -0.2) is 0 Å². The molecule has 0 aliphatic rings. The summed E-state index contributed by atoms with van der Waals surface area (Å²) in [5.74, 6) is 0. The molecule has 0 N–H and O–H groups in total. The Morgan fingerprint density at radius 2 is 0.739 bits per heavy atom. The van der Waals surface area contributed by atoms with Crippen molar-refractivity contribution in [1.29, 1.82) is 0 Å². The Bertz CT molecular complexity index is 3940. The van der Waals surface area contributed by atoms with Gasteiger partial charge < -0.3 is 9.13 Å². The third-order valence-corrected chi connectivity index (χ3v) is 13.7. The summed E-state index contributed by atoms with van der Waals surface area (Å²) in [6.45, 7) is 0. The molecule has 69 heavy (non-hydrogen) atoms. The highest BCUT2D eigenvalue weighted by atomic mass is 15.0. The van der Waals surface area contributed by atoms with Crippen LogP contribution in [-0.4, -0.2) is 64.1 Å². The van der Waals surface area contributed by atoms with Crippen molar-refractivity contribution in [2.45, 2.75) is 0 Å². The van der Waals surface area contributed by atoms with Gasteiger partial charge in [0, 0.05) is 44.1 Å². The fraction of sp³-hybridized carbons (Fsp3) is 0. The molecule has 0 saturated heterocycles. The average Bonchev–Trinajstić information content (AvgIpc) is 3.94. The molecule has 0 spiro atoms. The zero-order valence-corrected chi connectivity index (χ0v) is 37.5. The van der Waals surface area contributed by atoms with Crippen LogP contribution >= 0.6 is 0 Å². The number of para-hydroxylation sites is 1. The maximum atomic E-state index is 7.52. The Hall–Kier alpha value is -7.75. The van der Waals surface area contributed by atoms with Crippen molar-refractivity contribution < 1.29 is 0 Å². The maximum Gasteiger partial charge on any atom is 0.115 e. The van der Waals surface area contributed by atoms with Gasteiger partial charge in [-0.2, -0.15) is 0 Å². The van der Waals surface area contributed by atoms with Crippen LogP contribution in [0.3, 0.4) is 0 Å². The van der Waals surface area contributed by atoms with Crippen LogP contribution in [0.15, 0.2) is 200 Å². The molecule has 9 heteroatoms. The van der Waals surface area contributed by atoms with Crippen molar-refractivity contribution in [1.82, 2.24) is 9.13 Å². The lowest BCUT2D eigenvalue weighted by Gasteiger charge is -2.20. The smallest absolute Gasteiger partial charge is 0.115 e. The molecule has 0 amide bonds. The summed E-state index contributed by atoms with van der Waals surface area (Å²) in [4.78, 5) is 0. The minimum Gasteiger partial charge on any atom is -0.310 e. The molecule has 0 aliphatic heterocycles. The third kappa shape index (κ3) is 6.81. The molecule has 2 aromatic heterocycles. The van der Waals surface area contributed by atoms with Gasteiger partial charge in [-0.05, 0) is 97.9 Å². The minimum atomic E-state index is 0.165. The fourth-order valence-electron chi connectivity index (χ4n) is 10.4. The van der Waals surface area contributed by atoms with Gasteiger partial charge in [-0.3, -0.25) is 0 Å². The van der Waals surface area contributed by atoms with Gasteiger partial charge in [-0.1, -0.05) is 185 Å². The first-order valence-corrected chi connectivity index (χ1v) is 22.8. The van der Waals surface area contributed by atoms with Crippen molar-refractivity contribution in [2.24, 2.45) is 0 Å². The highest BCUT2D eigenvalue weighted by Crippen LogP contribution is 2.41. The van der Waals surface area contributed by atoms with Gasteiger partial charge in [0.25, 0.3) is 0 Å². The van der Waals surface area contributed by atoms with Gasteiger partial charge in [0.15, 0.2) is 0 Å². The van der Waals surface area contributed by atoms with E-state index < -0.39 is 0 Å². The number of hydrogen-bond acceptors (Lipinski definition) is 0. The standard InChI is InChI=1S/C60H33B7N2/c61-51-48(39-26-29-47-46(33-39)45-23-13-22-44(38-20-11-4-12-21-38)58(45)68(47)42-27-24-37(25-28-42)34-14-5-1-6-15-34)52(62)56(66)59-49(51)50-53(63)54(64)55(65)57(67)60(50)69(59)43-31-40(35-16-7-2-8-17-35)30-41(32-43)36-18-9-3-10-19-36/h1-33H. The van der Waals surface area contributed by atoms with E-state index in [1.165, 1.54) is 0 Å². The van der Waals surface area contributed by atoms with Crippen molar-refractivity contribution in [2.75, 3.05) is 0 Å². The maximum absolute atomic E-state index is 7.52. The lowest BCUT2D eigenvalue weighted by molar-refractivity contribution is 1.18. The van der Waals surface area contributed by atoms with Gasteiger partial charge >= 0.3 is 0 Å². The molecular formula is C60H33B7N2. The highest BCUT2D eigenvalue weighted by Gasteiger charge is 2.26. The van der Waals surface area contributed by atoms with E-state index >= 15 is 0 Å². The van der Waals surface area contributed by atoms with Gasteiger partial charge in [0.2, 0.25) is 0 Å². The molecule has 0 fully saturated rings. The van der Waals surface area contributed by atoms with Crippen LogP contribution < -0.4 is 38.2 Å². The summed E-state index contributed by atoms with van der Waals surface area (Å²) in [7, 11) is 49.6. The molecule has 12 rings (SSSR count). The van der Waals surface area contributed by atoms with Gasteiger partial charge in [-0.15, -0.1) is 10.9 Å². The molecule has 0 bridgehead atoms. The monoisotopic (exact) mass is 858 g/mol. The van der Waals surface area contributed by atoms with Crippen LogP contribution in [-0.2, 0) is 0 Å². The van der Waals surface area contributed by atoms with E-state index in [1.54, 1.807) is 0 Å². The normalized spacial score (nSPS) is 11.6. The quantitative estimate of drug-likeness (QED) is 0.145. The van der Waals surface area contributed by atoms with E-state index in [0.29, 0.717) is 43.8 Å². The van der Waals surface area contributed by atoms with Gasteiger partial charge in [0.05, 0.1) is 11.0 Å². The topological polar surface area (TPSA) is 9.86 Å². The van der Waals surface area contributed by atoms with Crippen LogP contribution in [0.25, 0.3) is 111 Å².